The quantitative estimate of drug-likeness (QED) is 0.907. The average molecular weight is 287 g/mol. The van der Waals surface area contributed by atoms with Crippen molar-refractivity contribution in [1.29, 1.82) is 0 Å². The molecule has 106 valence electrons. The van der Waals surface area contributed by atoms with Crippen LogP contribution >= 0.6 is 12.4 Å². The van der Waals surface area contributed by atoms with Crippen molar-refractivity contribution >= 4 is 18.3 Å². The molecule has 2 rings (SSSR count). The van der Waals surface area contributed by atoms with Crippen LogP contribution in [0.1, 0.15) is 28.8 Å². The van der Waals surface area contributed by atoms with E-state index in [2.05, 4.69) is 0 Å². The molecule has 0 aromatic heterocycles. The summed E-state index contributed by atoms with van der Waals surface area (Å²) in [5, 5.41) is 0. The fourth-order valence-corrected chi connectivity index (χ4v) is 2.41. The molecule has 19 heavy (non-hydrogen) atoms. The number of amides is 1. The SMILES string of the molecule is Cc1cc(F)cc(C(=O)N2CCC(CN)CC2)c1.Cl. The summed E-state index contributed by atoms with van der Waals surface area (Å²) in [5.74, 6) is 0.0894. The highest BCUT2D eigenvalue weighted by Gasteiger charge is 2.23. The van der Waals surface area contributed by atoms with E-state index in [0.29, 0.717) is 18.0 Å². The third-order valence-electron chi connectivity index (χ3n) is 3.52. The molecule has 0 spiro atoms. The zero-order chi connectivity index (χ0) is 13.1. The summed E-state index contributed by atoms with van der Waals surface area (Å²) in [4.78, 5) is 14.0. The second-order valence-corrected chi connectivity index (χ2v) is 4.99. The molecule has 1 aliphatic heterocycles. The van der Waals surface area contributed by atoms with Crippen LogP contribution in [0.3, 0.4) is 0 Å². The molecule has 0 aliphatic carbocycles. The highest BCUT2D eigenvalue weighted by atomic mass is 35.5. The molecule has 0 radical (unpaired) electrons. The summed E-state index contributed by atoms with van der Waals surface area (Å²) in [5.41, 5.74) is 6.84. The van der Waals surface area contributed by atoms with Crippen LogP contribution in [-0.2, 0) is 0 Å². The third kappa shape index (κ3) is 3.91. The minimum Gasteiger partial charge on any atom is -0.339 e. The predicted octanol–water partition coefficient (Wildman–Crippen LogP) is 2.37. The van der Waals surface area contributed by atoms with E-state index in [0.717, 1.165) is 31.5 Å². The second-order valence-electron chi connectivity index (χ2n) is 4.99. The first-order chi connectivity index (χ1) is 8.60. The van der Waals surface area contributed by atoms with Gasteiger partial charge in [-0.15, -0.1) is 12.4 Å². The van der Waals surface area contributed by atoms with Gasteiger partial charge in [0.15, 0.2) is 0 Å². The molecule has 1 aromatic carbocycles. The van der Waals surface area contributed by atoms with Gasteiger partial charge in [-0.3, -0.25) is 4.79 Å². The van der Waals surface area contributed by atoms with Gasteiger partial charge in [-0.1, -0.05) is 0 Å². The Morgan fingerprint density at radius 1 is 1.37 bits per heavy atom. The molecule has 0 bridgehead atoms. The van der Waals surface area contributed by atoms with Gasteiger partial charge >= 0.3 is 0 Å². The van der Waals surface area contributed by atoms with Crippen LogP contribution in [0.2, 0.25) is 0 Å². The fraction of sp³-hybridized carbons (Fsp3) is 0.500. The van der Waals surface area contributed by atoms with E-state index in [4.69, 9.17) is 5.73 Å². The van der Waals surface area contributed by atoms with Crippen molar-refractivity contribution in [1.82, 2.24) is 4.90 Å². The van der Waals surface area contributed by atoms with E-state index in [1.165, 1.54) is 12.1 Å². The number of rotatable bonds is 2. The first kappa shape index (κ1) is 15.9. The molecular weight excluding hydrogens is 267 g/mol. The molecule has 1 amide bonds. The maximum Gasteiger partial charge on any atom is 0.253 e. The average Bonchev–Trinajstić information content (AvgIpc) is 2.37. The molecule has 3 nitrogen and oxygen atoms in total. The highest BCUT2D eigenvalue weighted by Crippen LogP contribution is 2.19. The largest absolute Gasteiger partial charge is 0.339 e. The Morgan fingerprint density at radius 3 is 2.53 bits per heavy atom. The summed E-state index contributed by atoms with van der Waals surface area (Å²) in [6, 6.07) is 4.47. The Hall–Kier alpha value is -1.13. The van der Waals surface area contributed by atoms with Gasteiger partial charge < -0.3 is 10.6 Å². The summed E-state index contributed by atoms with van der Waals surface area (Å²) in [6.07, 6.45) is 1.88. The number of carbonyl (C=O) groups excluding carboxylic acids is 1. The number of nitrogens with zero attached hydrogens (tertiary/aromatic N) is 1. The molecule has 2 N–H and O–H groups in total. The Morgan fingerprint density at radius 2 is 2.00 bits per heavy atom. The van der Waals surface area contributed by atoms with E-state index in [-0.39, 0.29) is 24.1 Å². The lowest BCUT2D eigenvalue weighted by Crippen LogP contribution is -2.40. The molecule has 1 aliphatic rings. The summed E-state index contributed by atoms with van der Waals surface area (Å²) < 4.78 is 13.3. The van der Waals surface area contributed by atoms with Gasteiger partial charge in [0.05, 0.1) is 0 Å². The summed E-state index contributed by atoms with van der Waals surface area (Å²) in [7, 11) is 0. The molecule has 0 unspecified atom stereocenters. The number of piperidine rings is 1. The van der Waals surface area contributed by atoms with Crippen molar-refractivity contribution in [2.24, 2.45) is 11.7 Å². The van der Waals surface area contributed by atoms with Gasteiger partial charge in [0.2, 0.25) is 0 Å². The minimum atomic E-state index is -0.352. The highest BCUT2D eigenvalue weighted by molar-refractivity contribution is 5.94. The topological polar surface area (TPSA) is 46.3 Å². The van der Waals surface area contributed by atoms with Crippen molar-refractivity contribution in [3.8, 4) is 0 Å². The van der Waals surface area contributed by atoms with Crippen molar-refractivity contribution in [2.45, 2.75) is 19.8 Å². The lowest BCUT2D eigenvalue weighted by atomic mass is 9.96. The fourth-order valence-electron chi connectivity index (χ4n) is 2.41. The minimum absolute atomic E-state index is 0. The maximum atomic E-state index is 13.3. The normalized spacial score (nSPS) is 16.1. The second kappa shape index (κ2) is 6.87. The third-order valence-corrected chi connectivity index (χ3v) is 3.52. The van der Waals surface area contributed by atoms with E-state index in [1.807, 2.05) is 0 Å². The number of nitrogens with two attached hydrogens (primary N) is 1. The van der Waals surface area contributed by atoms with Gasteiger partial charge in [-0.05, 0) is 56.0 Å². The molecule has 0 atom stereocenters. The smallest absolute Gasteiger partial charge is 0.253 e. The van der Waals surface area contributed by atoms with Crippen LogP contribution in [0.4, 0.5) is 4.39 Å². The Kier molecular flexibility index (Phi) is 5.76. The number of hydrogen-bond acceptors (Lipinski definition) is 2. The van der Waals surface area contributed by atoms with Gasteiger partial charge in [0.1, 0.15) is 5.82 Å². The number of hydrogen-bond donors (Lipinski definition) is 1. The van der Waals surface area contributed by atoms with E-state index in [1.54, 1.807) is 17.9 Å². The standard InChI is InChI=1S/C14H19FN2O.ClH/c1-10-6-12(8-13(15)7-10)14(18)17-4-2-11(9-16)3-5-17;/h6-8,11H,2-5,9,16H2,1H3;1H. The lowest BCUT2D eigenvalue weighted by molar-refractivity contribution is 0.0693. The molecule has 1 fully saturated rings. The van der Waals surface area contributed by atoms with Crippen LogP contribution in [0.5, 0.6) is 0 Å². The molecular formula is C14H20ClFN2O. The van der Waals surface area contributed by atoms with Crippen molar-refractivity contribution in [3.63, 3.8) is 0 Å². The van der Waals surface area contributed by atoms with Gasteiger partial charge in [0, 0.05) is 18.7 Å². The summed E-state index contributed by atoms with van der Waals surface area (Å²) >= 11 is 0. The van der Waals surface area contributed by atoms with Gasteiger partial charge in [0.25, 0.3) is 5.91 Å². The van der Waals surface area contributed by atoms with Crippen molar-refractivity contribution < 1.29 is 9.18 Å². The van der Waals surface area contributed by atoms with Crippen LogP contribution in [-0.4, -0.2) is 30.4 Å². The molecule has 5 heteroatoms. The number of aryl methyl sites for hydroxylation is 1. The Labute approximate surface area is 119 Å². The van der Waals surface area contributed by atoms with Gasteiger partial charge in [-0.2, -0.15) is 0 Å². The maximum absolute atomic E-state index is 13.3. The molecule has 1 saturated heterocycles. The zero-order valence-corrected chi connectivity index (χ0v) is 11.9. The van der Waals surface area contributed by atoms with Crippen LogP contribution in [0, 0.1) is 18.7 Å². The molecule has 0 saturated carbocycles. The van der Waals surface area contributed by atoms with E-state index < -0.39 is 0 Å². The van der Waals surface area contributed by atoms with Crippen LogP contribution in [0.15, 0.2) is 18.2 Å². The van der Waals surface area contributed by atoms with Crippen LogP contribution in [0.25, 0.3) is 0 Å². The van der Waals surface area contributed by atoms with E-state index >= 15 is 0 Å². The number of benzene rings is 1. The first-order valence-electron chi connectivity index (χ1n) is 6.36. The Bertz CT molecular complexity index is 425. The van der Waals surface area contributed by atoms with Crippen molar-refractivity contribution in [3.05, 3.63) is 35.1 Å². The number of halogens is 2. The van der Waals surface area contributed by atoms with Crippen LogP contribution < -0.4 is 5.73 Å². The molecule has 1 heterocycles. The lowest BCUT2D eigenvalue weighted by Gasteiger charge is -2.31. The van der Waals surface area contributed by atoms with Gasteiger partial charge in [-0.25, -0.2) is 4.39 Å². The monoisotopic (exact) mass is 286 g/mol. The number of likely N-dealkylation sites (tertiary alicyclic amines) is 1. The predicted molar refractivity (Wildman–Crippen MR) is 76.1 cm³/mol. The number of carbonyl (C=O) groups is 1. The van der Waals surface area contributed by atoms with Crippen molar-refractivity contribution in [2.75, 3.05) is 19.6 Å². The first-order valence-corrected chi connectivity index (χ1v) is 6.36. The zero-order valence-electron chi connectivity index (χ0n) is 11.1. The molecule has 1 aromatic rings. The van der Waals surface area contributed by atoms with E-state index in [9.17, 15) is 9.18 Å². The summed E-state index contributed by atoms with van der Waals surface area (Å²) in [6.45, 7) is 3.91. The Balaban J connectivity index is 0.00000180.